The quantitative estimate of drug-likeness (QED) is 0.167. The zero-order valence-electron chi connectivity index (χ0n) is 27.0. The van der Waals surface area contributed by atoms with E-state index in [1.165, 1.54) is 65.7 Å². The second-order valence-corrected chi connectivity index (χ2v) is 12.6. The van der Waals surface area contributed by atoms with Crippen molar-refractivity contribution in [1.29, 1.82) is 0 Å². The summed E-state index contributed by atoms with van der Waals surface area (Å²) in [4.78, 5) is 2.35. The topological polar surface area (TPSA) is 3.24 Å². The molecular formula is C48H33N. The van der Waals surface area contributed by atoms with Gasteiger partial charge in [0, 0.05) is 17.1 Å². The van der Waals surface area contributed by atoms with Crippen LogP contribution in [0.3, 0.4) is 0 Å². The molecule has 0 atom stereocenters. The van der Waals surface area contributed by atoms with Crippen LogP contribution in [0, 0.1) is 0 Å². The largest absolute Gasteiger partial charge is 0.310 e. The number of hydrogen-bond acceptors (Lipinski definition) is 1. The first-order valence-corrected chi connectivity index (χ1v) is 16.8. The molecular weight excluding hydrogens is 591 g/mol. The maximum absolute atomic E-state index is 2.35. The minimum Gasteiger partial charge on any atom is -0.310 e. The summed E-state index contributed by atoms with van der Waals surface area (Å²) in [5.41, 5.74) is 10.6. The Morgan fingerprint density at radius 2 is 0.735 bits per heavy atom. The average Bonchev–Trinajstić information content (AvgIpc) is 3.19. The fourth-order valence-electron chi connectivity index (χ4n) is 7.23. The molecule has 0 radical (unpaired) electrons. The van der Waals surface area contributed by atoms with E-state index in [-0.39, 0.29) is 0 Å². The van der Waals surface area contributed by atoms with Gasteiger partial charge in [-0.25, -0.2) is 0 Å². The molecule has 1 nitrogen and oxygen atoms in total. The van der Waals surface area contributed by atoms with Crippen molar-refractivity contribution in [1.82, 2.24) is 0 Å². The molecule has 0 aliphatic rings. The monoisotopic (exact) mass is 623 g/mol. The molecule has 230 valence electrons. The van der Waals surface area contributed by atoms with Gasteiger partial charge in [-0.2, -0.15) is 0 Å². The Kier molecular flexibility index (Phi) is 7.22. The van der Waals surface area contributed by atoms with Crippen LogP contribution < -0.4 is 4.90 Å². The summed E-state index contributed by atoms with van der Waals surface area (Å²) < 4.78 is 0. The molecule has 0 aliphatic carbocycles. The van der Waals surface area contributed by atoms with Crippen LogP contribution in [0.1, 0.15) is 0 Å². The number of anilines is 3. The second kappa shape index (κ2) is 12.3. The second-order valence-electron chi connectivity index (χ2n) is 12.6. The lowest BCUT2D eigenvalue weighted by atomic mass is 9.92. The molecule has 9 aromatic carbocycles. The molecule has 0 N–H and O–H groups in total. The molecule has 1 heteroatoms. The zero-order chi connectivity index (χ0) is 32.6. The zero-order valence-corrected chi connectivity index (χ0v) is 27.0. The van der Waals surface area contributed by atoms with Gasteiger partial charge in [0.1, 0.15) is 0 Å². The molecule has 0 amide bonds. The van der Waals surface area contributed by atoms with Crippen molar-refractivity contribution in [2.45, 2.75) is 0 Å². The van der Waals surface area contributed by atoms with Gasteiger partial charge in [0.25, 0.3) is 0 Å². The Balaban J connectivity index is 1.14. The van der Waals surface area contributed by atoms with Crippen LogP contribution >= 0.6 is 0 Å². The van der Waals surface area contributed by atoms with E-state index >= 15 is 0 Å². The first-order chi connectivity index (χ1) is 24.3. The highest BCUT2D eigenvalue weighted by molar-refractivity contribution is 6.19. The molecule has 9 rings (SSSR count). The molecule has 0 unspecified atom stereocenters. The summed E-state index contributed by atoms with van der Waals surface area (Å²) in [6.45, 7) is 0. The van der Waals surface area contributed by atoms with Gasteiger partial charge in [0.2, 0.25) is 0 Å². The van der Waals surface area contributed by atoms with Gasteiger partial charge in [-0.15, -0.1) is 0 Å². The first kappa shape index (κ1) is 28.8. The fraction of sp³-hybridized carbons (Fsp3) is 0. The Morgan fingerprint density at radius 3 is 1.47 bits per heavy atom. The third-order valence-electron chi connectivity index (χ3n) is 9.66. The first-order valence-electron chi connectivity index (χ1n) is 16.8. The fourth-order valence-corrected chi connectivity index (χ4v) is 7.23. The summed E-state index contributed by atoms with van der Waals surface area (Å²) in [5.74, 6) is 0. The average molecular weight is 624 g/mol. The maximum atomic E-state index is 2.35. The van der Waals surface area contributed by atoms with Gasteiger partial charge in [0.15, 0.2) is 0 Å². The van der Waals surface area contributed by atoms with Crippen LogP contribution in [0.25, 0.3) is 65.7 Å². The molecule has 0 spiro atoms. The van der Waals surface area contributed by atoms with Gasteiger partial charge in [-0.05, 0) is 102 Å². The van der Waals surface area contributed by atoms with Crippen LogP contribution in [0.5, 0.6) is 0 Å². The lowest BCUT2D eigenvalue weighted by molar-refractivity contribution is 1.28. The van der Waals surface area contributed by atoms with E-state index in [0.29, 0.717) is 0 Å². The van der Waals surface area contributed by atoms with E-state index in [0.717, 1.165) is 17.1 Å². The summed E-state index contributed by atoms with van der Waals surface area (Å²) in [5, 5.41) is 7.70. The molecule has 0 aromatic heterocycles. The summed E-state index contributed by atoms with van der Waals surface area (Å²) in [7, 11) is 0. The Hall–Kier alpha value is -6.44. The molecule has 0 saturated heterocycles. The van der Waals surface area contributed by atoms with Crippen molar-refractivity contribution in [3.05, 3.63) is 200 Å². The van der Waals surface area contributed by atoms with Gasteiger partial charge in [0.05, 0.1) is 0 Å². The van der Waals surface area contributed by atoms with Crippen molar-refractivity contribution < 1.29 is 0 Å². The van der Waals surface area contributed by atoms with Crippen molar-refractivity contribution in [2.24, 2.45) is 0 Å². The Labute approximate surface area is 287 Å². The molecule has 0 heterocycles. The van der Waals surface area contributed by atoms with Gasteiger partial charge in [-0.3, -0.25) is 0 Å². The minimum absolute atomic E-state index is 1.11. The SMILES string of the molecule is c1ccc(-c2ccc(N(c3ccc(-c4cccc5c4ccc4c6ccccc6ccc54)cc3)c3cccc(-c4ccccc4)c3)cc2)cc1. The van der Waals surface area contributed by atoms with E-state index in [2.05, 4.69) is 205 Å². The molecule has 0 fully saturated rings. The highest BCUT2D eigenvalue weighted by Gasteiger charge is 2.15. The third kappa shape index (κ3) is 5.32. The Bertz CT molecular complexity index is 2570. The lowest BCUT2D eigenvalue weighted by Gasteiger charge is -2.26. The number of hydrogen-bond donors (Lipinski definition) is 0. The number of rotatable bonds is 6. The van der Waals surface area contributed by atoms with Crippen molar-refractivity contribution in [3.8, 4) is 33.4 Å². The van der Waals surface area contributed by atoms with Gasteiger partial charge >= 0.3 is 0 Å². The Morgan fingerprint density at radius 1 is 0.245 bits per heavy atom. The maximum Gasteiger partial charge on any atom is 0.0467 e. The normalized spacial score (nSPS) is 11.3. The van der Waals surface area contributed by atoms with Crippen LogP contribution in [-0.4, -0.2) is 0 Å². The van der Waals surface area contributed by atoms with E-state index in [9.17, 15) is 0 Å². The molecule has 49 heavy (non-hydrogen) atoms. The number of benzene rings is 9. The van der Waals surface area contributed by atoms with Crippen LogP contribution in [0.2, 0.25) is 0 Å². The predicted molar refractivity (Wildman–Crippen MR) is 210 cm³/mol. The van der Waals surface area contributed by atoms with Crippen LogP contribution in [0.4, 0.5) is 17.1 Å². The van der Waals surface area contributed by atoms with Gasteiger partial charge in [-0.1, -0.05) is 164 Å². The standard InChI is InChI=1S/C48H33N/c1-3-11-34(12-4-1)36-21-26-40(27-22-36)49(42-17-9-16-39(33-42)35-13-5-2-6-14-35)41-28-23-38(24-29-41)44-19-10-20-45-46(44)31-32-47-43-18-8-7-15-37(43)25-30-48(45)47/h1-33H. The third-order valence-corrected chi connectivity index (χ3v) is 9.66. The highest BCUT2D eigenvalue weighted by Crippen LogP contribution is 2.40. The smallest absolute Gasteiger partial charge is 0.0467 e. The van der Waals surface area contributed by atoms with Crippen LogP contribution in [-0.2, 0) is 0 Å². The van der Waals surface area contributed by atoms with E-state index in [4.69, 9.17) is 0 Å². The van der Waals surface area contributed by atoms with Crippen molar-refractivity contribution in [2.75, 3.05) is 4.90 Å². The highest BCUT2D eigenvalue weighted by atomic mass is 15.1. The summed E-state index contributed by atoms with van der Waals surface area (Å²) in [6.07, 6.45) is 0. The number of fused-ring (bicyclic) bond motifs is 5. The van der Waals surface area contributed by atoms with Crippen LogP contribution in [0.15, 0.2) is 200 Å². The molecule has 0 saturated carbocycles. The number of nitrogens with zero attached hydrogens (tertiary/aromatic N) is 1. The molecule has 0 aliphatic heterocycles. The van der Waals surface area contributed by atoms with E-state index in [1.54, 1.807) is 0 Å². The molecule has 9 aromatic rings. The molecule has 0 bridgehead atoms. The summed E-state index contributed by atoms with van der Waals surface area (Å²) in [6, 6.07) is 72.4. The van der Waals surface area contributed by atoms with Gasteiger partial charge < -0.3 is 4.90 Å². The van der Waals surface area contributed by atoms with Crippen molar-refractivity contribution >= 4 is 49.4 Å². The van der Waals surface area contributed by atoms with E-state index < -0.39 is 0 Å². The lowest BCUT2D eigenvalue weighted by Crippen LogP contribution is -2.10. The predicted octanol–water partition coefficient (Wildman–Crippen LogP) is 13.6. The summed E-state index contributed by atoms with van der Waals surface area (Å²) >= 11 is 0. The van der Waals surface area contributed by atoms with Crippen molar-refractivity contribution in [3.63, 3.8) is 0 Å². The van der Waals surface area contributed by atoms with E-state index in [1.807, 2.05) is 0 Å². The minimum atomic E-state index is 1.11.